The SMILES string of the molecule is CCOC(=O)C1=C(CSc2nc(-c3ccccc3)c(-c3ccccc3)[nH]2)N(C)C(=O)NC1c1ccccc1. The maximum Gasteiger partial charge on any atom is 0.338 e. The van der Waals surface area contributed by atoms with Crippen LogP contribution in [0.5, 0.6) is 0 Å². The zero-order valence-electron chi connectivity index (χ0n) is 21.2. The molecule has 38 heavy (non-hydrogen) atoms. The van der Waals surface area contributed by atoms with Crippen molar-refractivity contribution in [1.29, 1.82) is 0 Å². The zero-order chi connectivity index (χ0) is 26.5. The smallest absolute Gasteiger partial charge is 0.338 e. The topological polar surface area (TPSA) is 87.3 Å². The van der Waals surface area contributed by atoms with Gasteiger partial charge in [0.2, 0.25) is 0 Å². The minimum absolute atomic E-state index is 0.237. The van der Waals surface area contributed by atoms with Crippen LogP contribution in [0.1, 0.15) is 18.5 Å². The minimum Gasteiger partial charge on any atom is -0.463 e. The van der Waals surface area contributed by atoms with Crippen LogP contribution in [0.2, 0.25) is 0 Å². The molecule has 0 spiro atoms. The number of aromatic nitrogens is 2. The zero-order valence-corrected chi connectivity index (χ0v) is 22.0. The van der Waals surface area contributed by atoms with E-state index in [-0.39, 0.29) is 12.6 Å². The van der Waals surface area contributed by atoms with Gasteiger partial charge < -0.3 is 15.0 Å². The Morgan fingerprint density at radius 2 is 1.55 bits per heavy atom. The maximum atomic E-state index is 13.2. The van der Waals surface area contributed by atoms with Gasteiger partial charge in [-0.25, -0.2) is 14.6 Å². The van der Waals surface area contributed by atoms with Crippen molar-refractivity contribution in [2.75, 3.05) is 19.4 Å². The predicted octanol–water partition coefficient (Wildman–Crippen LogP) is 6.05. The molecule has 1 atom stereocenters. The summed E-state index contributed by atoms with van der Waals surface area (Å²) in [6.07, 6.45) is 0. The van der Waals surface area contributed by atoms with Gasteiger partial charge in [-0.15, -0.1) is 0 Å². The highest BCUT2D eigenvalue weighted by Gasteiger charge is 2.36. The van der Waals surface area contributed by atoms with Crippen molar-refractivity contribution in [3.05, 3.63) is 108 Å². The molecule has 7 nitrogen and oxygen atoms in total. The first-order valence-corrected chi connectivity index (χ1v) is 13.4. The van der Waals surface area contributed by atoms with E-state index < -0.39 is 12.0 Å². The molecule has 2 amide bonds. The van der Waals surface area contributed by atoms with E-state index in [9.17, 15) is 9.59 Å². The third kappa shape index (κ3) is 5.21. The van der Waals surface area contributed by atoms with Gasteiger partial charge in [0.1, 0.15) is 0 Å². The number of esters is 1. The van der Waals surface area contributed by atoms with Gasteiger partial charge in [0.15, 0.2) is 5.16 Å². The molecule has 0 aliphatic carbocycles. The molecule has 4 aromatic rings. The number of aromatic amines is 1. The van der Waals surface area contributed by atoms with Crippen LogP contribution in [0.3, 0.4) is 0 Å². The van der Waals surface area contributed by atoms with Gasteiger partial charge in [-0.2, -0.15) is 0 Å². The maximum absolute atomic E-state index is 13.2. The average Bonchev–Trinajstić information content (AvgIpc) is 3.39. The van der Waals surface area contributed by atoms with Crippen molar-refractivity contribution in [3.8, 4) is 22.5 Å². The van der Waals surface area contributed by atoms with Crippen LogP contribution in [0.25, 0.3) is 22.5 Å². The van der Waals surface area contributed by atoms with Gasteiger partial charge in [0, 0.05) is 29.6 Å². The highest BCUT2D eigenvalue weighted by Crippen LogP contribution is 2.36. The molecule has 5 rings (SSSR count). The predicted molar refractivity (Wildman–Crippen MR) is 149 cm³/mol. The molecule has 8 heteroatoms. The fourth-order valence-electron chi connectivity index (χ4n) is 4.45. The molecule has 0 fully saturated rings. The van der Waals surface area contributed by atoms with E-state index in [0.29, 0.717) is 22.2 Å². The number of thioether (sulfide) groups is 1. The summed E-state index contributed by atoms with van der Waals surface area (Å²) in [5.74, 6) is -0.101. The Bertz CT molecular complexity index is 1400. The van der Waals surface area contributed by atoms with Gasteiger partial charge in [0.25, 0.3) is 0 Å². The third-order valence-corrected chi connectivity index (χ3v) is 7.23. The summed E-state index contributed by atoms with van der Waals surface area (Å²) in [7, 11) is 1.67. The average molecular weight is 525 g/mol. The molecule has 2 heterocycles. The van der Waals surface area contributed by atoms with Gasteiger partial charge in [-0.3, -0.25) is 4.90 Å². The van der Waals surface area contributed by atoms with Gasteiger partial charge in [0.05, 0.1) is 29.6 Å². The summed E-state index contributed by atoms with van der Waals surface area (Å²) >= 11 is 1.44. The number of H-pyrrole nitrogens is 1. The van der Waals surface area contributed by atoms with E-state index >= 15 is 0 Å². The molecule has 192 valence electrons. The number of carbonyl (C=O) groups excluding carboxylic acids is 2. The van der Waals surface area contributed by atoms with Crippen LogP contribution in [0, 0.1) is 0 Å². The quantitative estimate of drug-likeness (QED) is 0.216. The molecule has 2 N–H and O–H groups in total. The Kier molecular flexibility index (Phi) is 7.60. The molecule has 0 saturated heterocycles. The summed E-state index contributed by atoms with van der Waals surface area (Å²) < 4.78 is 5.43. The number of nitrogens with one attached hydrogen (secondary N) is 2. The highest BCUT2D eigenvalue weighted by atomic mass is 32.2. The molecule has 1 aliphatic rings. The number of benzene rings is 3. The fraction of sp³-hybridized carbons (Fsp3) is 0.167. The van der Waals surface area contributed by atoms with Crippen LogP contribution in [-0.4, -0.2) is 46.3 Å². The second-order valence-electron chi connectivity index (χ2n) is 8.72. The Hall–Kier alpha value is -4.30. The minimum atomic E-state index is -0.606. The molecule has 1 unspecified atom stereocenters. The molecule has 1 aromatic heterocycles. The van der Waals surface area contributed by atoms with Crippen molar-refractivity contribution < 1.29 is 14.3 Å². The molecule has 3 aromatic carbocycles. The van der Waals surface area contributed by atoms with Crippen molar-refractivity contribution in [1.82, 2.24) is 20.2 Å². The van der Waals surface area contributed by atoms with E-state index in [0.717, 1.165) is 28.1 Å². The largest absolute Gasteiger partial charge is 0.463 e. The Labute approximate surface area is 225 Å². The lowest BCUT2D eigenvalue weighted by Gasteiger charge is -2.34. The third-order valence-electron chi connectivity index (χ3n) is 6.34. The lowest BCUT2D eigenvalue weighted by atomic mass is 9.95. The molecular formula is C30H28N4O3S. The molecule has 0 radical (unpaired) electrons. The van der Waals surface area contributed by atoms with Gasteiger partial charge >= 0.3 is 12.0 Å². The number of rotatable bonds is 8. The van der Waals surface area contributed by atoms with Crippen molar-refractivity contribution in [2.45, 2.75) is 18.1 Å². The summed E-state index contributed by atoms with van der Waals surface area (Å²) in [5, 5.41) is 3.64. The normalized spacial score (nSPS) is 15.4. The molecule has 0 saturated carbocycles. The lowest BCUT2D eigenvalue weighted by molar-refractivity contribution is -0.139. The van der Waals surface area contributed by atoms with Crippen molar-refractivity contribution in [3.63, 3.8) is 0 Å². The molecule has 0 bridgehead atoms. The number of hydrogen-bond acceptors (Lipinski definition) is 5. The number of hydrogen-bond donors (Lipinski definition) is 2. The summed E-state index contributed by atoms with van der Waals surface area (Å²) in [6, 6.07) is 28.6. The first-order chi connectivity index (χ1) is 18.6. The highest BCUT2D eigenvalue weighted by molar-refractivity contribution is 7.99. The standard InChI is InChI=1S/C30H28N4O3S/c1-3-37-28(35)24-23(34(2)30(36)33-25(24)20-13-7-4-8-14-20)19-38-29-31-26(21-15-9-5-10-16-21)27(32-29)22-17-11-6-12-18-22/h4-18,25H,3,19H2,1-2H3,(H,31,32)(H,33,36). The van der Waals surface area contributed by atoms with E-state index in [1.165, 1.54) is 16.7 Å². The van der Waals surface area contributed by atoms with Crippen LogP contribution >= 0.6 is 11.8 Å². The Morgan fingerprint density at radius 1 is 0.947 bits per heavy atom. The summed E-state index contributed by atoms with van der Waals surface area (Å²) in [5.41, 5.74) is 5.60. The second kappa shape index (κ2) is 11.4. The van der Waals surface area contributed by atoms with Crippen LogP contribution in [-0.2, 0) is 9.53 Å². The van der Waals surface area contributed by atoms with E-state index in [4.69, 9.17) is 9.72 Å². The number of nitrogens with zero attached hydrogens (tertiary/aromatic N) is 2. The Balaban J connectivity index is 1.53. The summed E-state index contributed by atoms with van der Waals surface area (Å²) in [6.45, 7) is 2.01. The Morgan fingerprint density at radius 3 is 2.18 bits per heavy atom. The number of ether oxygens (including phenoxy) is 1. The van der Waals surface area contributed by atoms with E-state index in [1.54, 1.807) is 14.0 Å². The van der Waals surface area contributed by atoms with E-state index in [2.05, 4.69) is 10.3 Å². The lowest BCUT2D eigenvalue weighted by Crippen LogP contribution is -2.47. The summed E-state index contributed by atoms with van der Waals surface area (Å²) in [4.78, 5) is 36.0. The number of imidazole rings is 1. The van der Waals surface area contributed by atoms with E-state index in [1.807, 2.05) is 91.0 Å². The first kappa shape index (κ1) is 25.4. The first-order valence-electron chi connectivity index (χ1n) is 12.4. The van der Waals surface area contributed by atoms with Crippen LogP contribution < -0.4 is 5.32 Å². The van der Waals surface area contributed by atoms with Crippen molar-refractivity contribution in [2.24, 2.45) is 0 Å². The molecule has 1 aliphatic heterocycles. The number of urea groups is 1. The monoisotopic (exact) mass is 524 g/mol. The van der Waals surface area contributed by atoms with Gasteiger partial charge in [-0.05, 0) is 12.5 Å². The second-order valence-corrected chi connectivity index (χ2v) is 9.68. The number of carbonyl (C=O) groups is 2. The molecular weight excluding hydrogens is 496 g/mol. The van der Waals surface area contributed by atoms with Crippen molar-refractivity contribution >= 4 is 23.8 Å². The van der Waals surface area contributed by atoms with Crippen LogP contribution in [0.15, 0.2) is 107 Å². The van der Waals surface area contributed by atoms with Gasteiger partial charge in [-0.1, -0.05) is 103 Å². The number of amides is 2. The van der Waals surface area contributed by atoms with Crippen LogP contribution in [0.4, 0.5) is 4.79 Å². The fourth-order valence-corrected chi connectivity index (χ4v) is 5.40.